The topological polar surface area (TPSA) is 55.5 Å². The van der Waals surface area contributed by atoms with E-state index < -0.39 is 0 Å². The molecule has 1 N–H and O–H groups in total. The van der Waals surface area contributed by atoms with Crippen LogP contribution < -0.4 is 4.74 Å². The molecule has 0 aliphatic carbocycles. The van der Waals surface area contributed by atoms with Crippen molar-refractivity contribution in [2.75, 3.05) is 7.11 Å². The lowest BCUT2D eigenvalue weighted by atomic mass is 10.0. The zero-order valence-electron chi connectivity index (χ0n) is 9.44. The maximum Gasteiger partial charge on any atom is 0.160 e. The second-order valence-corrected chi connectivity index (χ2v) is 3.59. The minimum absolute atomic E-state index is 0.111. The number of hydrogen-bond donors (Lipinski definition) is 1. The number of nitrogens with zero attached hydrogens (tertiary/aromatic N) is 1. The van der Waals surface area contributed by atoms with Gasteiger partial charge in [-0.2, -0.15) is 0 Å². The third-order valence-corrected chi connectivity index (χ3v) is 2.50. The SMILES string of the molecule is COc1ccc(-c2c(C)noc2C)cc1O. The lowest BCUT2D eigenvalue weighted by Crippen LogP contribution is -1.86. The summed E-state index contributed by atoms with van der Waals surface area (Å²) in [5.74, 6) is 1.30. The van der Waals surface area contributed by atoms with Gasteiger partial charge >= 0.3 is 0 Å². The molecule has 84 valence electrons. The van der Waals surface area contributed by atoms with Crippen molar-refractivity contribution < 1.29 is 14.4 Å². The molecule has 0 fully saturated rings. The Balaban J connectivity index is 2.53. The summed E-state index contributed by atoms with van der Waals surface area (Å²) >= 11 is 0. The molecule has 4 nitrogen and oxygen atoms in total. The Bertz CT molecular complexity index is 497. The average Bonchev–Trinajstić information content (AvgIpc) is 2.58. The molecule has 2 rings (SSSR count). The molecular formula is C12H13NO3. The van der Waals surface area contributed by atoms with Crippen molar-refractivity contribution in [3.05, 3.63) is 29.7 Å². The summed E-state index contributed by atoms with van der Waals surface area (Å²) in [6.07, 6.45) is 0. The fourth-order valence-electron chi connectivity index (χ4n) is 1.74. The predicted molar refractivity (Wildman–Crippen MR) is 59.6 cm³/mol. The molecule has 0 aliphatic rings. The summed E-state index contributed by atoms with van der Waals surface area (Å²) < 4.78 is 10.1. The van der Waals surface area contributed by atoms with Gasteiger partial charge in [0.15, 0.2) is 11.5 Å². The number of benzene rings is 1. The van der Waals surface area contributed by atoms with Gasteiger partial charge in [-0.25, -0.2) is 0 Å². The molecule has 1 heterocycles. The summed E-state index contributed by atoms with van der Waals surface area (Å²) in [7, 11) is 1.52. The Morgan fingerprint density at radius 1 is 1.31 bits per heavy atom. The van der Waals surface area contributed by atoms with E-state index in [-0.39, 0.29) is 5.75 Å². The van der Waals surface area contributed by atoms with E-state index in [4.69, 9.17) is 9.26 Å². The van der Waals surface area contributed by atoms with Gasteiger partial charge in [0.2, 0.25) is 0 Å². The highest BCUT2D eigenvalue weighted by atomic mass is 16.5. The number of aromatic nitrogens is 1. The Labute approximate surface area is 93.5 Å². The van der Waals surface area contributed by atoms with Gasteiger partial charge in [-0.3, -0.25) is 0 Å². The van der Waals surface area contributed by atoms with Gasteiger partial charge in [-0.15, -0.1) is 0 Å². The van der Waals surface area contributed by atoms with Gasteiger partial charge < -0.3 is 14.4 Å². The number of phenols is 1. The molecular weight excluding hydrogens is 206 g/mol. The zero-order valence-corrected chi connectivity index (χ0v) is 9.44. The van der Waals surface area contributed by atoms with Crippen LogP contribution in [0.4, 0.5) is 0 Å². The van der Waals surface area contributed by atoms with E-state index in [0.29, 0.717) is 5.75 Å². The summed E-state index contributed by atoms with van der Waals surface area (Å²) in [6.45, 7) is 3.71. The van der Waals surface area contributed by atoms with Gasteiger partial charge in [-0.1, -0.05) is 11.2 Å². The first-order valence-corrected chi connectivity index (χ1v) is 4.93. The maximum atomic E-state index is 9.70. The van der Waals surface area contributed by atoms with Crippen molar-refractivity contribution in [2.24, 2.45) is 0 Å². The van der Waals surface area contributed by atoms with Crippen LogP contribution in [0.1, 0.15) is 11.5 Å². The quantitative estimate of drug-likeness (QED) is 0.843. The van der Waals surface area contributed by atoms with Crippen molar-refractivity contribution in [3.8, 4) is 22.6 Å². The van der Waals surface area contributed by atoms with E-state index in [1.165, 1.54) is 7.11 Å². The molecule has 16 heavy (non-hydrogen) atoms. The monoisotopic (exact) mass is 219 g/mol. The molecule has 0 unspecified atom stereocenters. The highest BCUT2D eigenvalue weighted by Crippen LogP contribution is 2.34. The lowest BCUT2D eigenvalue weighted by molar-refractivity contribution is 0.373. The van der Waals surface area contributed by atoms with E-state index in [0.717, 1.165) is 22.6 Å². The molecule has 1 aromatic heterocycles. The number of aromatic hydroxyl groups is 1. The van der Waals surface area contributed by atoms with Crippen molar-refractivity contribution in [1.29, 1.82) is 0 Å². The smallest absolute Gasteiger partial charge is 0.160 e. The highest BCUT2D eigenvalue weighted by Gasteiger charge is 2.13. The molecule has 0 saturated heterocycles. The van der Waals surface area contributed by atoms with Crippen LogP contribution in [0.5, 0.6) is 11.5 Å². The molecule has 1 aromatic carbocycles. The third kappa shape index (κ3) is 1.62. The van der Waals surface area contributed by atoms with Crippen LogP contribution in [0, 0.1) is 13.8 Å². The van der Waals surface area contributed by atoms with Gasteiger partial charge in [0.05, 0.1) is 12.8 Å². The standard InChI is InChI=1S/C12H13NO3/c1-7-12(8(2)16-13-7)9-4-5-11(15-3)10(14)6-9/h4-6,14H,1-3H3. The van der Waals surface area contributed by atoms with Crippen LogP contribution in [0.25, 0.3) is 11.1 Å². The number of methoxy groups -OCH3 is 1. The molecule has 0 saturated carbocycles. The van der Waals surface area contributed by atoms with Crippen LogP contribution in [-0.2, 0) is 0 Å². The first kappa shape index (κ1) is 10.5. The first-order valence-electron chi connectivity index (χ1n) is 4.93. The molecule has 0 aliphatic heterocycles. The molecule has 0 amide bonds. The Morgan fingerprint density at radius 2 is 2.06 bits per heavy atom. The fourth-order valence-corrected chi connectivity index (χ4v) is 1.74. The van der Waals surface area contributed by atoms with Gasteiger partial charge in [0, 0.05) is 5.56 Å². The Kier molecular flexibility index (Phi) is 2.56. The molecule has 0 radical (unpaired) electrons. The second kappa shape index (κ2) is 3.89. The fraction of sp³-hybridized carbons (Fsp3) is 0.250. The zero-order chi connectivity index (χ0) is 11.7. The number of aryl methyl sites for hydroxylation is 2. The van der Waals surface area contributed by atoms with Crippen LogP contribution in [0.3, 0.4) is 0 Å². The molecule has 0 spiro atoms. The lowest BCUT2D eigenvalue weighted by Gasteiger charge is -2.05. The minimum Gasteiger partial charge on any atom is -0.504 e. The van der Waals surface area contributed by atoms with Crippen LogP contribution in [0.15, 0.2) is 22.7 Å². The number of rotatable bonds is 2. The van der Waals surface area contributed by atoms with Crippen molar-refractivity contribution >= 4 is 0 Å². The molecule has 4 heteroatoms. The summed E-state index contributed by atoms with van der Waals surface area (Å²) in [5.41, 5.74) is 2.59. The van der Waals surface area contributed by atoms with Crippen molar-refractivity contribution in [3.63, 3.8) is 0 Å². The predicted octanol–water partition coefficient (Wildman–Crippen LogP) is 2.67. The summed E-state index contributed by atoms with van der Waals surface area (Å²) in [5, 5.41) is 13.6. The van der Waals surface area contributed by atoms with E-state index >= 15 is 0 Å². The third-order valence-electron chi connectivity index (χ3n) is 2.50. The minimum atomic E-state index is 0.111. The van der Waals surface area contributed by atoms with E-state index in [9.17, 15) is 5.11 Å². The largest absolute Gasteiger partial charge is 0.504 e. The van der Waals surface area contributed by atoms with Crippen LogP contribution in [-0.4, -0.2) is 17.4 Å². The van der Waals surface area contributed by atoms with Crippen molar-refractivity contribution in [2.45, 2.75) is 13.8 Å². The Morgan fingerprint density at radius 3 is 2.56 bits per heavy atom. The molecule has 0 bridgehead atoms. The number of phenolic OH excluding ortho intramolecular Hbond substituents is 1. The number of ether oxygens (including phenoxy) is 1. The van der Waals surface area contributed by atoms with E-state index in [1.807, 2.05) is 19.9 Å². The molecule has 0 atom stereocenters. The van der Waals surface area contributed by atoms with Crippen LogP contribution in [0.2, 0.25) is 0 Å². The van der Waals surface area contributed by atoms with E-state index in [1.54, 1.807) is 12.1 Å². The van der Waals surface area contributed by atoms with E-state index in [2.05, 4.69) is 5.16 Å². The van der Waals surface area contributed by atoms with Gasteiger partial charge in [0.1, 0.15) is 5.76 Å². The van der Waals surface area contributed by atoms with Crippen LogP contribution >= 0.6 is 0 Å². The average molecular weight is 219 g/mol. The number of hydrogen-bond acceptors (Lipinski definition) is 4. The van der Waals surface area contributed by atoms with Gasteiger partial charge in [0.25, 0.3) is 0 Å². The molecule has 2 aromatic rings. The summed E-state index contributed by atoms with van der Waals surface area (Å²) in [6, 6.07) is 5.23. The van der Waals surface area contributed by atoms with Crippen molar-refractivity contribution in [1.82, 2.24) is 5.16 Å². The highest BCUT2D eigenvalue weighted by molar-refractivity contribution is 5.70. The second-order valence-electron chi connectivity index (χ2n) is 3.59. The first-order chi connectivity index (χ1) is 7.63. The Hall–Kier alpha value is -1.97. The normalized spacial score (nSPS) is 10.4. The maximum absolute atomic E-state index is 9.70. The summed E-state index contributed by atoms with van der Waals surface area (Å²) in [4.78, 5) is 0. The van der Waals surface area contributed by atoms with Gasteiger partial charge in [-0.05, 0) is 31.5 Å².